The summed E-state index contributed by atoms with van der Waals surface area (Å²) in [4.78, 5) is 0. The Labute approximate surface area is 122 Å². The highest BCUT2D eigenvalue weighted by Crippen LogP contribution is 2.58. The summed E-state index contributed by atoms with van der Waals surface area (Å²) < 4.78 is 0. The summed E-state index contributed by atoms with van der Waals surface area (Å²) in [6.07, 6.45) is 10.4. The van der Waals surface area contributed by atoms with Gasteiger partial charge in [-0.2, -0.15) is 0 Å². The van der Waals surface area contributed by atoms with E-state index >= 15 is 0 Å². The van der Waals surface area contributed by atoms with Gasteiger partial charge in [0.1, 0.15) is 0 Å². The molecule has 106 valence electrons. The van der Waals surface area contributed by atoms with Crippen molar-refractivity contribution in [2.24, 2.45) is 29.6 Å². The van der Waals surface area contributed by atoms with E-state index in [0.717, 1.165) is 35.6 Å². The second kappa shape index (κ2) is 4.26. The zero-order valence-electron chi connectivity index (χ0n) is 12.2. The quantitative estimate of drug-likeness (QED) is 0.790. The molecule has 1 nitrogen and oxygen atoms in total. The Morgan fingerprint density at radius 1 is 0.850 bits per heavy atom. The van der Waals surface area contributed by atoms with Gasteiger partial charge in [-0.1, -0.05) is 18.2 Å². The van der Waals surface area contributed by atoms with E-state index in [2.05, 4.69) is 29.6 Å². The first-order valence-electron chi connectivity index (χ1n) is 8.71. The van der Waals surface area contributed by atoms with Crippen LogP contribution in [0.15, 0.2) is 24.3 Å². The van der Waals surface area contributed by atoms with Gasteiger partial charge >= 0.3 is 0 Å². The second-order valence-electron chi connectivity index (χ2n) is 7.95. The Kier molecular flexibility index (Phi) is 2.48. The van der Waals surface area contributed by atoms with Gasteiger partial charge in [-0.15, -0.1) is 0 Å². The van der Waals surface area contributed by atoms with Gasteiger partial charge in [0.2, 0.25) is 0 Å². The second-order valence-corrected chi connectivity index (χ2v) is 7.95. The topological polar surface area (TPSA) is 12.0 Å². The standard InChI is InChI=1S/C19H25N/c1-2-4-17-14(3-1)5-6-18(20-17)19-15-8-12-7-13(10-15)11-16(19)9-12/h1-4,12-13,15-16,18-20H,5-11H2. The van der Waals surface area contributed by atoms with Crippen LogP contribution >= 0.6 is 0 Å². The van der Waals surface area contributed by atoms with E-state index < -0.39 is 0 Å². The average Bonchev–Trinajstić information content (AvgIpc) is 2.46. The number of fused-ring (bicyclic) bond motifs is 1. The summed E-state index contributed by atoms with van der Waals surface area (Å²) in [7, 11) is 0. The van der Waals surface area contributed by atoms with Crippen molar-refractivity contribution in [1.82, 2.24) is 0 Å². The fourth-order valence-electron chi connectivity index (χ4n) is 6.38. The predicted octanol–water partition coefficient (Wildman–Crippen LogP) is 4.49. The van der Waals surface area contributed by atoms with Crippen LogP contribution in [-0.2, 0) is 6.42 Å². The minimum atomic E-state index is 0.764. The normalized spacial score (nSPS) is 45.0. The molecule has 0 aromatic heterocycles. The van der Waals surface area contributed by atoms with E-state index in [0.29, 0.717) is 0 Å². The molecule has 20 heavy (non-hydrogen) atoms. The summed E-state index contributed by atoms with van der Waals surface area (Å²) in [5.74, 6) is 5.29. The molecule has 1 atom stereocenters. The van der Waals surface area contributed by atoms with Gasteiger partial charge in [-0.25, -0.2) is 0 Å². The third-order valence-electron chi connectivity index (χ3n) is 6.85. The van der Waals surface area contributed by atoms with Crippen LogP contribution in [0, 0.1) is 29.6 Å². The van der Waals surface area contributed by atoms with Gasteiger partial charge in [-0.3, -0.25) is 0 Å². The number of hydrogen-bond acceptors (Lipinski definition) is 1. The van der Waals surface area contributed by atoms with Crippen LogP contribution in [0.2, 0.25) is 0 Å². The Morgan fingerprint density at radius 3 is 2.30 bits per heavy atom. The molecule has 1 heteroatoms. The highest BCUT2D eigenvalue weighted by atomic mass is 14.9. The van der Waals surface area contributed by atoms with E-state index in [9.17, 15) is 0 Å². The fourth-order valence-corrected chi connectivity index (χ4v) is 6.38. The molecule has 1 N–H and O–H groups in total. The molecule has 4 saturated carbocycles. The van der Waals surface area contributed by atoms with Gasteiger partial charge in [0.05, 0.1) is 0 Å². The predicted molar refractivity (Wildman–Crippen MR) is 82.7 cm³/mol. The summed E-state index contributed by atoms with van der Waals surface area (Å²) in [6.45, 7) is 0. The van der Waals surface area contributed by atoms with Crippen LogP contribution < -0.4 is 5.32 Å². The minimum absolute atomic E-state index is 0.764. The molecule has 0 saturated heterocycles. The van der Waals surface area contributed by atoms with Gasteiger partial charge in [0, 0.05) is 11.7 Å². The van der Waals surface area contributed by atoms with Crippen molar-refractivity contribution in [3.63, 3.8) is 0 Å². The summed E-state index contributed by atoms with van der Waals surface area (Å²) >= 11 is 0. The lowest BCUT2D eigenvalue weighted by Gasteiger charge is -2.57. The molecule has 5 aliphatic rings. The van der Waals surface area contributed by atoms with Crippen molar-refractivity contribution in [3.05, 3.63) is 29.8 Å². The van der Waals surface area contributed by atoms with Gasteiger partial charge in [0.25, 0.3) is 0 Å². The number of aryl methyl sites for hydroxylation is 1. The van der Waals surface area contributed by atoms with E-state index in [4.69, 9.17) is 0 Å². The zero-order valence-corrected chi connectivity index (χ0v) is 12.2. The minimum Gasteiger partial charge on any atom is -0.382 e. The average molecular weight is 267 g/mol. The number of anilines is 1. The van der Waals surface area contributed by atoms with E-state index in [1.54, 1.807) is 32.1 Å². The van der Waals surface area contributed by atoms with Crippen LogP contribution in [0.3, 0.4) is 0 Å². The number of rotatable bonds is 1. The lowest BCUT2D eigenvalue weighted by atomic mass is 9.50. The maximum atomic E-state index is 3.92. The van der Waals surface area contributed by atoms with Crippen molar-refractivity contribution in [2.75, 3.05) is 5.32 Å². The molecule has 4 aliphatic carbocycles. The van der Waals surface area contributed by atoms with Crippen LogP contribution in [0.4, 0.5) is 5.69 Å². The van der Waals surface area contributed by atoms with Crippen molar-refractivity contribution in [1.29, 1.82) is 0 Å². The van der Waals surface area contributed by atoms with Crippen LogP contribution in [0.1, 0.15) is 44.1 Å². The van der Waals surface area contributed by atoms with Crippen LogP contribution in [0.25, 0.3) is 0 Å². The Hall–Kier alpha value is -0.980. The van der Waals surface area contributed by atoms with Crippen molar-refractivity contribution in [3.8, 4) is 0 Å². The monoisotopic (exact) mass is 267 g/mol. The van der Waals surface area contributed by atoms with Crippen molar-refractivity contribution < 1.29 is 0 Å². The Balaban J connectivity index is 1.42. The maximum Gasteiger partial charge on any atom is 0.0374 e. The Bertz CT molecular complexity index is 492. The van der Waals surface area contributed by atoms with Gasteiger partial charge < -0.3 is 5.32 Å². The highest BCUT2D eigenvalue weighted by molar-refractivity contribution is 5.54. The van der Waals surface area contributed by atoms with Crippen molar-refractivity contribution >= 4 is 5.69 Å². The molecule has 1 aromatic rings. The number of nitrogens with one attached hydrogen (secondary N) is 1. The third-order valence-corrected chi connectivity index (χ3v) is 6.85. The van der Waals surface area contributed by atoms with Crippen molar-refractivity contribution in [2.45, 2.75) is 51.0 Å². The smallest absolute Gasteiger partial charge is 0.0374 e. The third kappa shape index (κ3) is 1.68. The molecule has 6 rings (SSSR count). The van der Waals surface area contributed by atoms with Crippen LogP contribution in [0.5, 0.6) is 0 Å². The lowest BCUT2D eigenvalue weighted by molar-refractivity contribution is -0.0450. The highest BCUT2D eigenvalue weighted by Gasteiger charge is 2.50. The molecule has 0 radical (unpaired) electrons. The van der Waals surface area contributed by atoms with Crippen LogP contribution in [-0.4, -0.2) is 6.04 Å². The first-order chi connectivity index (χ1) is 9.87. The molecular formula is C19H25N. The largest absolute Gasteiger partial charge is 0.382 e. The summed E-state index contributed by atoms with van der Waals surface area (Å²) in [5, 5.41) is 3.92. The molecule has 4 bridgehead atoms. The molecule has 4 fully saturated rings. The Morgan fingerprint density at radius 2 is 1.55 bits per heavy atom. The van der Waals surface area contributed by atoms with Gasteiger partial charge in [0.15, 0.2) is 0 Å². The molecule has 0 spiro atoms. The first kappa shape index (κ1) is 11.7. The lowest BCUT2D eigenvalue weighted by Crippen LogP contribution is -2.51. The number of benzene rings is 1. The first-order valence-corrected chi connectivity index (χ1v) is 8.71. The van der Waals surface area contributed by atoms with Gasteiger partial charge in [-0.05, 0) is 86.2 Å². The fraction of sp³-hybridized carbons (Fsp3) is 0.684. The van der Waals surface area contributed by atoms with E-state index in [1.165, 1.54) is 24.1 Å². The number of para-hydroxylation sites is 1. The van der Waals surface area contributed by atoms with E-state index in [1.807, 2.05) is 0 Å². The summed E-state index contributed by atoms with van der Waals surface area (Å²) in [6, 6.07) is 9.72. The molecule has 1 aliphatic heterocycles. The maximum absolute atomic E-state index is 3.92. The zero-order chi connectivity index (χ0) is 13.1. The molecule has 1 heterocycles. The van der Waals surface area contributed by atoms with E-state index in [-0.39, 0.29) is 0 Å². The molecular weight excluding hydrogens is 242 g/mol. The SMILES string of the molecule is c1ccc2c(c1)CCC(C1C3CC4CC(C3)CC1C4)N2. The number of hydrogen-bond donors (Lipinski definition) is 1. The summed E-state index contributed by atoms with van der Waals surface area (Å²) in [5.41, 5.74) is 2.96. The molecule has 1 unspecified atom stereocenters. The molecule has 1 aromatic carbocycles. The molecule has 0 amide bonds.